The zero-order valence-electron chi connectivity index (χ0n) is 24.5. The second-order valence-electron chi connectivity index (χ2n) is 10.4. The van der Waals surface area contributed by atoms with E-state index in [9.17, 15) is 22.8 Å². The molecular weight excluding hydrogens is 636 g/mol. The molecule has 0 radical (unpaired) electrons. The van der Waals surface area contributed by atoms with Crippen molar-refractivity contribution in [3.63, 3.8) is 0 Å². The van der Waals surface area contributed by atoms with Gasteiger partial charge in [0, 0.05) is 5.56 Å². The third-order valence-electron chi connectivity index (χ3n) is 6.98. The van der Waals surface area contributed by atoms with Crippen LogP contribution >= 0.6 is 11.8 Å². The Hall–Kier alpha value is -5.50. The average molecular weight is 661 g/mol. The molecule has 6 rings (SSSR count). The molecule has 9 nitrogen and oxygen atoms in total. The van der Waals surface area contributed by atoms with Crippen LogP contribution in [0.1, 0.15) is 16.7 Å². The van der Waals surface area contributed by atoms with Gasteiger partial charge in [-0.05, 0) is 78.6 Å². The van der Waals surface area contributed by atoms with E-state index in [1.165, 1.54) is 40.2 Å². The maximum atomic E-state index is 15.1. The van der Waals surface area contributed by atoms with Gasteiger partial charge in [0.05, 0.1) is 22.8 Å². The average Bonchev–Trinajstić information content (AvgIpc) is 3.66. The maximum Gasteiger partial charge on any atom is 0.573 e. The Kier molecular flexibility index (Phi) is 8.76. The summed E-state index contributed by atoms with van der Waals surface area (Å²) in [4.78, 5) is 35.6. The normalized spacial score (nSPS) is 14.1. The molecule has 0 aliphatic carbocycles. The van der Waals surface area contributed by atoms with E-state index in [1.807, 2.05) is 55.5 Å². The number of aliphatic imine (C=N–C) groups is 1. The molecule has 1 N–H and O–H groups in total. The number of aromatic nitrogens is 3. The van der Waals surface area contributed by atoms with Crippen LogP contribution in [0.25, 0.3) is 17.1 Å². The van der Waals surface area contributed by atoms with Crippen LogP contribution < -0.4 is 15.0 Å². The van der Waals surface area contributed by atoms with Crippen molar-refractivity contribution in [2.75, 3.05) is 16.0 Å². The Bertz CT molecular complexity index is 1980. The first-order chi connectivity index (χ1) is 22.5. The number of amides is 3. The lowest BCUT2D eigenvalue weighted by Gasteiger charge is -2.20. The standard InChI is InChI=1S/C33H24F4N6O3S/c1-20-7-8-22(16-21-5-3-2-4-6-21)28(15-20)43-29(44)18-47-32(43)40-31(45)39-27-14-9-23(17-26(27)34)30-38-19-42(41-30)24-10-12-25(13-11-24)46-33(35,36)37/h2-15,17,19H,16,18H2,1H3,(H,39,45)/b40-32-. The van der Waals surface area contributed by atoms with Gasteiger partial charge in [-0.3, -0.25) is 9.69 Å². The molecule has 4 aromatic carbocycles. The Balaban J connectivity index is 1.17. The van der Waals surface area contributed by atoms with Gasteiger partial charge < -0.3 is 10.1 Å². The summed E-state index contributed by atoms with van der Waals surface area (Å²) in [6.07, 6.45) is -2.92. The molecule has 0 saturated carbocycles. The van der Waals surface area contributed by atoms with Crippen LogP contribution in [0, 0.1) is 12.7 Å². The molecule has 14 heteroatoms. The van der Waals surface area contributed by atoms with Gasteiger partial charge in [0.1, 0.15) is 17.9 Å². The van der Waals surface area contributed by atoms with Crippen molar-refractivity contribution in [1.29, 1.82) is 0 Å². The van der Waals surface area contributed by atoms with Gasteiger partial charge in [0.2, 0.25) is 5.91 Å². The summed E-state index contributed by atoms with van der Waals surface area (Å²) in [6.45, 7) is 1.91. The van der Waals surface area contributed by atoms with Crippen LogP contribution in [0.15, 0.2) is 102 Å². The van der Waals surface area contributed by atoms with Gasteiger partial charge >= 0.3 is 12.4 Å². The highest BCUT2D eigenvalue weighted by Crippen LogP contribution is 2.32. The molecule has 1 saturated heterocycles. The third kappa shape index (κ3) is 7.49. The zero-order valence-corrected chi connectivity index (χ0v) is 25.3. The Labute approximate surface area is 269 Å². The topological polar surface area (TPSA) is 102 Å². The fourth-order valence-electron chi connectivity index (χ4n) is 4.83. The predicted octanol–water partition coefficient (Wildman–Crippen LogP) is 7.54. The predicted molar refractivity (Wildman–Crippen MR) is 170 cm³/mol. The minimum absolute atomic E-state index is 0.0962. The number of ether oxygens (including phenoxy) is 1. The first-order valence-corrected chi connectivity index (χ1v) is 15.1. The number of alkyl halides is 3. The zero-order chi connectivity index (χ0) is 33.1. The van der Waals surface area contributed by atoms with E-state index in [0.29, 0.717) is 17.8 Å². The molecule has 3 amide bonds. The number of hydrogen-bond acceptors (Lipinski definition) is 6. The second-order valence-corrected chi connectivity index (χ2v) is 11.3. The molecule has 1 aliphatic rings. The second kappa shape index (κ2) is 13.1. The fourth-order valence-corrected chi connectivity index (χ4v) is 5.69. The molecule has 47 heavy (non-hydrogen) atoms. The van der Waals surface area contributed by atoms with Gasteiger partial charge in [-0.15, -0.1) is 18.3 Å². The van der Waals surface area contributed by atoms with Crippen molar-refractivity contribution in [3.05, 3.63) is 120 Å². The summed E-state index contributed by atoms with van der Waals surface area (Å²) in [6, 6.07) is 23.7. The number of nitrogens with one attached hydrogen (secondary N) is 1. The van der Waals surface area contributed by atoms with Crippen LogP contribution in [0.4, 0.5) is 33.7 Å². The number of thioether (sulfide) groups is 1. The van der Waals surface area contributed by atoms with E-state index >= 15 is 4.39 Å². The number of urea groups is 1. The first-order valence-electron chi connectivity index (χ1n) is 14.1. The van der Waals surface area contributed by atoms with Crippen molar-refractivity contribution in [2.45, 2.75) is 19.7 Å². The van der Waals surface area contributed by atoms with Crippen LogP contribution in [-0.2, 0) is 11.2 Å². The molecule has 0 unspecified atom stereocenters. The summed E-state index contributed by atoms with van der Waals surface area (Å²) < 4.78 is 57.6. The third-order valence-corrected chi connectivity index (χ3v) is 7.90. The number of carbonyl (C=O) groups excluding carboxylic acids is 2. The summed E-state index contributed by atoms with van der Waals surface area (Å²) in [7, 11) is 0. The number of aryl methyl sites for hydroxylation is 1. The summed E-state index contributed by atoms with van der Waals surface area (Å²) in [5.41, 5.74) is 4.04. The molecule has 0 spiro atoms. The molecule has 0 atom stereocenters. The van der Waals surface area contributed by atoms with Crippen LogP contribution in [0.5, 0.6) is 5.75 Å². The summed E-state index contributed by atoms with van der Waals surface area (Å²) in [5.74, 6) is -1.16. The lowest BCUT2D eigenvalue weighted by atomic mass is 10.0. The lowest BCUT2D eigenvalue weighted by Crippen LogP contribution is -2.31. The number of hydrogen-bond donors (Lipinski definition) is 1. The number of rotatable bonds is 7. The van der Waals surface area contributed by atoms with Crippen LogP contribution in [-0.4, -0.2) is 44.0 Å². The number of benzene rings is 4. The van der Waals surface area contributed by atoms with E-state index in [2.05, 4.69) is 25.1 Å². The van der Waals surface area contributed by atoms with Crippen LogP contribution in [0.3, 0.4) is 0 Å². The number of anilines is 2. The molecule has 2 heterocycles. The molecule has 238 valence electrons. The monoisotopic (exact) mass is 660 g/mol. The van der Waals surface area contributed by atoms with Crippen molar-refractivity contribution >= 4 is 40.2 Å². The Morgan fingerprint density at radius 3 is 2.51 bits per heavy atom. The smallest absolute Gasteiger partial charge is 0.406 e. The lowest BCUT2D eigenvalue weighted by molar-refractivity contribution is -0.274. The largest absolute Gasteiger partial charge is 0.573 e. The number of carbonyl (C=O) groups is 2. The SMILES string of the molecule is Cc1ccc(Cc2ccccc2)c(N2C(=O)CS/C2=N\C(=O)Nc2ccc(-c3ncn(-c4ccc(OC(F)(F)F)cc4)n3)cc2F)c1. The highest BCUT2D eigenvalue weighted by molar-refractivity contribution is 8.15. The van der Waals surface area contributed by atoms with Gasteiger partial charge in [-0.25, -0.2) is 18.9 Å². The van der Waals surface area contributed by atoms with Gasteiger partial charge in [-0.1, -0.05) is 54.2 Å². The van der Waals surface area contributed by atoms with Crippen molar-refractivity contribution in [3.8, 4) is 22.8 Å². The minimum Gasteiger partial charge on any atom is -0.406 e. The maximum absolute atomic E-state index is 15.1. The van der Waals surface area contributed by atoms with E-state index in [-0.39, 0.29) is 39.7 Å². The highest BCUT2D eigenvalue weighted by atomic mass is 32.2. The Morgan fingerprint density at radius 2 is 1.79 bits per heavy atom. The van der Waals surface area contributed by atoms with Crippen molar-refractivity contribution < 1.29 is 31.9 Å². The molecule has 1 aromatic heterocycles. The molecule has 1 aliphatic heterocycles. The van der Waals surface area contributed by atoms with E-state index in [4.69, 9.17) is 0 Å². The molecule has 5 aromatic rings. The molecule has 0 bridgehead atoms. The molecular formula is C33H24F4N6O3S. The number of halogens is 4. The van der Waals surface area contributed by atoms with Gasteiger partial charge in [-0.2, -0.15) is 4.99 Å². The fraction of sp³-hybridized carbons (Fsp3) is 0.121. The van der Waals surface area contributed by atoms with E-state index in [1.54, 1.807) is 0 Å². The summed E-state index contributed by atoms with van der Waals surface area (Å²) in [5, 5.41) is 6.87. The van der Waals surface area contributed by atoms with E-state index < -0.39 is 18.2 Å². The quantitative estimate of drug-likeness (QED) is 0.181. The number of amidine groups is 1. The first kappa shape index (κ1) is 31.5. The summed E-state index contributed by atoms with van der Waals surface area (Å²) >= 11 is 1.12. The molecule has 1 fully saturated rings. The van der Waals surface area contributed by atoms with Crippen molar-refractivity contribution in [2.24, 2.45) is 4.99 Å². The van der Waals surface area contributed by atoms with Gasteiger partial charge in [0.15, 0.2) is 11.0 Å². The highest BCUT2D eigenvalue weighted by Gasteiger charge is 2.32. The van der Waals surface area contributed by atoms with Crippen LogP contribution in [0.2, 0.25) is 0 Å². The minimum atomic E-state index is -4.81. The Morgan fingerprint density at radius 1 is 1.02 bits per heavy atom. The number of nitrogens with zero attached hydrogens (tertiary/aromatic N) is 5. The van der Waals surface area contributed by atoms with Gasteiger partial charge in [0.25, 0.3) is 0 Å². The van der Waals surface area contributed by atoms with Crippen molar-refractivity contribution in [1.82, 2.24) is 14.8 Å². The van der Waals surface area contributed by atoms with E-state index in [0.717, 1.165) is 46.7 Å².